The summed E-state index contributed by atoms with van der Waals surface area (Å²) < 4.78 is 40.2. The molecule has 0 spiro atoms. The summed E-state index contributed by atoms with van der Waals surface area (Å²) in [5.41, 5.74) is 1.85. The zero-order chi connectivity index (χ0) is 14.7. The first kappa shape index (κ1) is 14.6. The SMILES string of the molecule is CCNC(c1cc(C)cc(F)c1)c1cc(F)cc(F)c1. The second-order valence-corrected chi connectivity index (χ2v) is 4.76. The molecule has 0 bridgehead atoms. The van der Waals surface area contributed by atoms with Crippen molar-refractivity contribution in [2.24, 2.45) is 0 Å². The van der Waals surface area contributed by atoms with Gasteiger partial charge in [0.2, 0.25) is 0 Å². The second-order valence-electron chi connectivity index (χ2n) is 4.76. The van der Waals surface area contributed by atoms with Crippen molar-refractivity contribution in [1.29, 1.82) is 0 Å². The molecule has 1 N–H and O–H groups in total. The number of hydrogen-bond acceptors (Lipinski definition) is 1. The maximum Gasteiger partial charge on any atom is 0.126 e. The molecule has 2 rings (SSSR count). The van der Waals surface area contributed by atoms with E-state index in [0.29, 0.717) is 17.7 Å². The first-order valence-corrected chi connectivity index (χ1v) is 6.46. The number of benzene rings is 2. The van der Waals surface area contributed by atoms with Crippen molar-refractivity contribution < 1.29 is 13.2 Å². The van der Waals surface area contributed by atoms with Crippen LogP contribution in [0.2, 0.25) is 0 Å². The van der Waals surface area contributed by atoms with E-state index in [1.165, 1.54) is 24.3 Å². The van der Waals surface area contributed by atoms with Crippen LogP contribution in [0.15, 0.2) is 36.4 Å². The fourth-order valence-corrected chi connectivity index (χ4v) is 2.31. The molecule has 1 unspecified atom stereocenters. The van der Waals surface area contributed by atoms with Gasteiger partial charge in [0.15, 0.2) is 0 Å². The van der Waals surface area contributed by atoms with Gasteiger partial charge in [-0.25, -0.2) is 13.2 Å². The first-order valence-electron chi connectivity index (χ1n) is 6.46. The van der Waals surface area contributed by atoms with Crippen molar-refractivity contribution in [2.75, 3.05) is 6.54 Å². The quantitative estimate of drug-likeness (QED) is 0.888. The summed E-state index contributed by atoms with van der Waals surface area (Å²) in [5, 5.41) is 3.12. The van der Waals surface area contributed by atoms with E-state index in [1.807, 2.05) is 6.92 Å². The van der Waals surface area contributed by atoms with Gasteiger partial charge in [0.25, 0.3) is 0 Å². The molecule has 20 heavy (non-hydrogen) atoms. The summed E-state index contributed by atoms with van der Waals surface area (Å²) in [7, 11) is 0. The van der Waals surface area contributed by atoms with Crippen molar-refractivity contribution in [3.63, 3.8) is 0 Å². The molecule has 2 aromatic rings. The third-order valence-electron chi connectivity index (χ3n) is 3.02. The van der Waals surface area contributed by atoms with Gasteiger partial charge >= 0.3 is 0 Å². The van der Waals surface area contributed by atoms with E-state index < -0.39 is 17.7 Å². The lowest BCUT2D eigenvalue weighted by Crippen LogP contribution is -2.22. The summed E-state index contributed by atoms with van der Waals surface area (Å²) in [6.45, 7) is 4.26. The molecule has 0 aliphatic rings. The lowest BCUT2D eigenvalue weighted by molar-refractivity contribution is 0.563. The van der Waals surface area contributed by atoms with Crippen molar-refractivity contribution in [1.82, 2.24) is 5.32 Å². The average molecular weight is 279 g/mol. The largest absolute Gasteiger partial charge is 0.307 e. The second kappa shape index (κ2) is 6.09. The normalized spacial score (nSPS) is 12.4. The lowest BCUT2D eigenvalue weighted by atomic mass is 9.97. The zero-order valence-corrected chi connectivity index (χ0v) is 11.4. The summed E-state index contributed by atoms with van der Waals surface area (Å²) >= 11 is 0. The lowest BCUT2D eigenvalue weighted by Gasteiger charge is -2.20. The van der Waals surface area contributed by atoms with Crippen LogP contribution in [0.5, 0.6) is 0 Å². The zero-order valence-electron chi connectivity index (χ0n) is 11.4. The van der Waals surface area contributed by atoms with Gasteiger partial charge in [0.05, 0.1) is 6.04 Å². The predicted octanol–water partition coefficient (Wildman–Crippen LogP) is 4.11. The monoisotopic (exact) mass is 279 g/mol. The Bertz CT molecular complexity index is 519. The molecular formula is C16H16F3N. The number of hydrogen-bond donors (Lipinski definition) is 1. The van der Waals surface area contributed by atoms with E-state index in [0.717, 1.165) is 11.6 Å². The molecule has 0 aromatic heterocycles. The molecule has 0 aliphatic carbocycles. The van der Waals surface area contributed by atoms with Crippen molar-refractivity contribution >= 4 is 0 Å². The molecule has 106 valence electrons. The summed E-state index contributed by atoms with van der Waals surface area (Å²) in [6.07, 6.45) is 0. The van der Waals surface area contributed by atoms with E-state index in [4.69, 9.17) is 0 Å². The number of nitrogens with one attached hydrogen (secondary N) is 1. The Hall–Kier alpha value is -1.81. The molecule has 0 aliphatic heterocycles. The van der Waals surface area contributed by atoms with Crippen molar-refractivity contribution in [2.45, 2.75) is 19.9 Å². The molecular weight excluding hydrogens is 263 g/mol. The van der Waals surface area contributed by atoms with Gasteiger partial charge in [-0.05, 0) is 54.4 Å². The fourth-order valence-electron chi connectivity index (χ4n) is 2.31. The summed E-state index contributed by atoms with van der Waals surface area (Å²) in [4.78, 5) is 0. The maximum absolute atomic E-state index is 13.5. The van der Waals surface area contributed by atoms with Gasteiger partial charge in [-0.2, -0.15) is 0 Å². The smallest absolute Gasteiger partial charge is 0.126 e. The van der Waals surface area contributed by atoms with Gasteiger partial charge in [0.1, 0.15) is 17.5 Å². The highest BCUT2D eigenvalue weighted by atomic mass is 19.1. The minimum absolute atomic E-state index is 0.361. The molecule has 0 amide bonds. The van der Waals surface area contributed by atoms with Crippen LogP contribution in [-0.2, 0) is 0 Å². The van der Waals surface area contributed by atoms with Crippen LogP contribution in [0.4, 0.5) is 13.2 Å². The van der Waals surface area contributed by atoms with Gasteiger partial charge in [-0.1, -0.05) is 13.0 Å². The third-order valence-corrected chi connectivity index (χ3v) is 3.02. The molecule has 0 heterocycles. The van der Waals surface area contributed by atoms with E-state index in [-0.39, 0.29) is 5.82 Å². The van der Waals surface area contributed by atoms with Gasteiger partial charge < -0.3 is 5.32 Å². The number of rotatable bonds is 4. The summed E-state index contributed by atoms with van der Waals surface area (Å²) in [6, 6.07) is 7.50. The molecule has 1 nitrogen and oxygen atoms in total. The highest BCUT2D eigenvalue weighted by molar-refractivity contribution is 5.35. The Morgan fingerprint density at radius 2 is 1.35 bits per heavy atom. The van der Waals surface area contributed by atoms with Crippen LogP contribution in [-0.4, -0.2) is 6.54 Å². The predicted molar refractivity (Wildman–Crippen MR) is 73.0 cm³/mol. The van der Waals surface area contributed by atoms with E-state index in [2.05, 4.69) is 5.32 Å². The van der Waals surface area contributed by atoms with E-state index in [1.54, 1.807) is 13.0 Å². The van der Waals surface area contributed by atoms with Crippen LogP contribution < -0.4 is 5.32 Å². The molecule has 1 atom stereocenters. The molecule has 0 saturated heterocycles. The topological polar surface area (TPSA) is 12.0 Å². The molecule has 0 fully saturated rings. The Labute approximate surface area is 116 Å². The number of aryl methyl sites for hydroxylation is 1. The Kier molecular flexibility index (Phi) is 4.45. The van der Waals surface area contributed by atoms with Crippen LogP contribution >= 0.6 is 0 Å². The molecule has 2 aromatic carbocycles. The standard InChI is InChI=1S/C16H16F3N/c1-3-20-16(11-4-10(2)5-13(17)6-11)12-7-14(18)9-15(19)8-12/h4-9,16,20H,3H2,1-2H3. The van der Waals surface area contributed by atoms with Gasteiger partial charge in [-0.3, -0.25) is 0 Å². The van der Waals surface area contributed by atoms with E-state index in [9.17, 15) is 13.2 Å². The van der Waals surface area contributed by atoms with Crippen LogP contribution in [0.25, 0.3) is 0 Å². The van der Waals surface area contributed by atoms with Crippen molar-refractivity contribution in [3.8, 4) is 0 Å². The molecule has 4 heteroatoms. The average Bonchev–Trinajstić information content (AvgIpc) is 2.33. The minimum Gasteiger partial charge on any atom is -0.307 e. The third kappa shape index (κ3) is 3.39. The Morgan fingerprint density at radius 3 is 1.85 bits per heavy atom. The first-order chi connectivity index (χ1) is 9.49. The molecule has 0 saturated carbocycles. The van der Waals surface area contributed by atoms with Crippen LogP contribution in [0.1, 0.15) is 29.7 Å². The van der Waals surface area contributed by atoms with Gasteiger partial charge in [0, 0.05) is 6.07 Å². The Balaban J connectivity index is 2.49. The highest BCUT2D eigenvalue weighted by Gasteiger charge is 2.16. The van der Waals surface area contributed by atoms with Crippen LogP contribution in [0, 0.1) is 24.4 Å². The van der Waals surface area contributed by atoms with E-state index >= 15 is 0 Å². The minimum atomic E-state index is -0.643. The Morgan fingerprint density at radius 1 is 0.850 bits per heavy atom. The highest BCUT2D eigenvalue weighted by Crippen LogP contribution is 2.25. The number of halogens is 3. The molecule has 0 radical (unpaired) electrons. The maximum atomic E-state index is 13.5. The van der Waals surface area contributed by atoms with Crippen LogP contribution in [0.3, 0.4) is 0 Å². The van der Waals surface area contributed by atoms with Gasteiger partial charge in [-0.15, -0.1) is 0 Å². The summed E-state index contributed by atoms with van der Waals surface area (Å²) in [5.74, 6) is -1.65. The fraction of sp³-hybridized carbons (Fsp3) is 0.250. The van der Waals surface area contributed by atoms with Crippen molar-refractivity contribution in [3.05, 3.63) is 70.5 Å².